The van der Waals surface area contributed by atoms with Crippen LogP contribution in [0.3, 0.4) is 0 Å². The molecule has 31 heavy (non-hydrogen) atoms. The van der Waals surface area contributed by atoms with E-state index in [2.05, 4.69) is 16.6 Å². The number of likely N-dealkylation sites (tertiary alicyclic amines) is 1. The summed E-state index contributed by atoms with van der Waals surface area (Å²) in [4.78, 5) is 23.0. The molecule has 1 aromatic carbocycles. The fraction of sp³-hybridized carbons (Fsp3) is 0.600. The number of amides is 2. The molecule has 0 unspecified atom stereocenters. The number of carbonyl (C=O) groups is 1. The molecule has 1 aliphatic heterocycles. The molecule has 0 atom stereocenters. The number of hydrogen-bond acceptors (Lipinski definition) is 4. The molecule has 1 aromatic rings. The van der Waals surface area contributed by atoms with E-state index >= 15 is 0 Å². The molecule has 0 N–H and O–H groups in total. The van der Waals surface area contributed by atoms with Crippen LogP contribution in [0.5, 0.6) is 5.75 Å². The minimum Gasteiger partial charge on any atom is -0.492 e. The highest BCUT2D eigenvalue weighted by molar-refractivity contribution is 5.78. The summed E-state index contributed by atoms with van der Waals surface area (Å²) in [6.45, 7) is 7.75. The second-order valence-electron chi connectivity index (χ2n) is 8.74. The van der Waals surface area contributed by atoms with E-state index < -0.39 is 0 Å². The average molecular weight is 427 g/mol. The number of ether oxygens (including phenoxy) is 1. The molecule has 1 aliphatic carbocycles. The second-order valence-corrected chi connectivity index (χ2v) is 8.74. The van der Waals surface area contributed by atoms with Gasteiger partial charge in [0.15, 0.2) is 0 Å². The smallest absolute Gasteiger partial charge is 0.323 e. The van der Waals surface area contributed by atoms with Crippen LogP contribution >= 0.6 is 0 Å². The minimum absolute atomic E-state index is 0.00860. The summed E-state index contributed by atoms with van der Waals surface area (Å²) >= 11 is 0. The summed E-state index contributed by atoms with van der Waals surface area (Å²) in [5.74, 6) is 0.852. The molecule has 1 saturated carbocycles. The third-order valence-electron chi connectivity index (χ3n) is 6.49. The fourth-order valence-corrected chi connectivity index (χ4v) is 4.52. The molecule has 0 spiro atoms. The van der Waals surface area contributed by atoms with Gasteiger partial charge in [-0.1, -0.05) is 25.7 Å². The van der Waals surface area contributed by atoms with Gasteiger partial charge in [0.25, 0.3) is 0 Å². The van der Waals surface area contributed by atoms with Crippen LogP contribution in [0.25, 0.3) is 5.70 Å². The normalized spacial score (nSPS) is 18.5. The van der Waals surface area contributed by atoms with E-state index in [1.54, 1.807) is 18.1 Å². The number of benzene rings is 1. The van der Waals surface area contributed by atoms with Crippen molar-refractivity contribution >= 4 is 18.4 Å². The molecule has 2 amide bonds. The van der Waals surface area contributed by atoms with E-state index in [1.807, 2.05) is 36.2 Å². The molecule has 0 radical (unpaired) electrons. The Morgan fingerprint density at radius 3 is 2.39 bits per heavy atom. The van der Waals surface area contributed by atoms with Crippen LogP contribution in [-0.2, 0) is 0 Å². The number of urea groups is 1. The van der Waals surface area contributed by atoms with Gasteiger partial charge in [-0.2, -0.15) is 0 Å². The third-order valence-corrected chi connectivity index (χ3v) is 6.49. The van der Waals surface area contributed by atoms with Crippen molar-refractivity contribution in [1.82, 2.24) is 14.7 Å². The van der Waals surface area contributed by atoms with Crippen molar-refractivity contribution in [2.24, 2.45) is 4.99 Å². The molecule has 3 rings (SSSR count). The van der Waals surface area contributed by atoms with Crippen molar-refractivity contribution in [2.75, 3.05) is 40.3 Å². The minimum atomic E-state index is -0.00860. The van der Waals surface area contributed by atoms with Gasteiger partial charge < -0.3 is 14.5 Å². The van der Waals surface area contributed by atoms with Crippen LogP contribution in [0.4, 0.5) is 4.79 Å². The van der Waals surface area contributed by atoms with Crippen molar-refractivity contribution in [1.29, 1.82) is 0 Å². The first-order valence-electron chi connectivity index (χ1n) is 11.7. The van der Waals surface area contributed by atoms with E-state index in [0.29, 0.717) is 18.3 Å². The van der Waals surface area contributed by atoms with Crippen molar-refractivity contribution in [3.05, 3.63) is 36.0 Å². The molecule has 1 heterocycles. The Kier molecular flexibility index (Phi) is 8.95. The van der Waals surface area contributed by atoms with Gasteiger partial charge in [-0.15, -0.1) is 0 Å². The SMILES string of the molecule is C=NC(=CN(C)C(=O)N(C)C1CCCCC1)c1ccc(OCCN2CCCCC2)cc1. The van der Waals surface area contributed by atoms with E-state index in [-0.39, 0.29) is 6.03 Å². The van der Waals surface area contributed by atoms with E-state index in [1.165, 1.54) is 51.6 Å². The molecule has 1 saturated heterocycles. The van der Waals surface area contributed by atoms with Crippen LogP contribution < -0.4 is 4.74 Å². The van der Waals surface area contributed by atoms with Gasteiger partial charge >= 0.3 is 6.03 Å². The zero-order valence-electron chi connectivity index (χ0n) is 19.3. The van der Waals surface area contributed by atoms with Gasteiger partial charge in [-0.05, 0) is 69.8 Å². The number of hydrogen-bond donors (Lipinski definition) is 0. The molecule has 170 valence electrons. The van der Waals surface area contributed by atoms with Crippen LogP contribution in [0.1, 0.15) is 56.9 Å². The number of nitrogens with zero attached hydrogens (tertiary/aromatic N) is 4. The quantitative estimate of drug-likeness (QED) is 0.558. The van der Waals surface area contributed by atoms with Crippen LogP contribution in [0.2, 0.25) is 0 Å². The van der Waals surface area contributed by atoms with Gasteiger partial charge in [0.05, 0.1) is 5.70 Å². The van der Waals surface area contributed by atoms with Crippen LogP contribution in [0, 0.1) is 0 Å². The summed E-state index contributed by atoms with van der Waals surface area (Å²) in [6.07, 6.45) is 11.6. The lowest BCUT2D eigenvalue weighted by Crippen LogP contribution is -2.43. The maximum absolute atomic E-state index is 12.8. The number of carbonyl (C=O) groups excluding carboxylic acids is 1. The molecule has 2 aliphatic rings. The summed E-state index contributed by atoms with van der Waals surface area (Å²) < 4.78 is 5.92. The lowest BCUT2D eigenvalue weighted by molar-refractivity contribution is 0.154. The fourth-order valence-electron chi connectivity index (χ4n) is 4.52. The Bertz CT molecular complexity index is 734. The predicted molar refractivity (Wildman–Crippen MR) is 128 cm³/mol. The third kappa shape index (κ3) is 6.82. The zero-order valence-corrected chi connectivity index (χ0v) is 19.3. The highest BCUT2D eigenvalue weighted by Gasteiger charge is 2.24. The molecular weight excluding hydrogens is 388 g/mol. The zero-order chi connectivity index (χ0) is 22.1. The molecule has 0 aromatic heterocycles. The number of rotatable bonds is 8. The van der Waals surface area contributed by atoms with Crippen LogP contribution in [-0.4, -0.2) is 73.8 Å². The molecule has 0 bridgehead atoms. The Hall–Kier alpha value is -2.34. The first-order valence-corrected chi connectivity index (χ1v) is 11.7. The topological polar surface area (TPSA) is 48.4 Å². The van der Waals surface area contributed by atoms with Gasteiger partial charge in [-0.3, -0.25) is 9.89 Å². The molecule has 6 heteroatoms. The van der Waals surface area contributed by atoms with E-state index in [0.717, 1.165) is 30.7 Å². The van der Waals surface area contributed by atoms with Gasteiger partial charge in [-0.25, -0.2) is 4.79 Å². The lowest BCUT2D eigenvalue weighted by Gasteiger charge is -2.33. The summed E-state index contributed by atoms with van der Waals surface area (Å²) in [5, 5.41) is 0. The molecule has 6 nitrogen and oxygen atoms in total. The Morgan fingerprint density at radius 1 is 1.10 bits per heavy atom. The van der Waals surface area contributed by atoms with Crippen molar-refractivity contribution in [3.63, 3.8) is 0 Å². The van der Waals surface area contributed by atoms with Crippen molar-refractivity contribution in [3.8, 4) is 5.75 Å². The maximum Gasteiger partial charge on any atom is 0.323 e. The van der Waals surface area contributed by atoms with Crippen LogP contribution in [0.15, 0.2) is 35.5 Å². The lowest BCUT2D eigenvalue weighted by atomic mass is 9.95. The summed E-state index contributed by atoms with van der Waals surface area (Å²) in [6, 6.07) is 8.19. The average Bonchev–Trinajstić information content (AvgIpc) is 2.83. The van der Waals surface area contributed by atoms with Crippen molar-refractivity contribution < 1.29 is 9.53 Å². The van der Waals surface area contributed by atoms with Gasteiger partial charge in [0.1, 0.15) is 12.4 Å². The monoisotopic (exact) mass is 426 g/mol. The Balaban J connectivity index is 1.54. The predicted octanol–water partition coefficient (Wildman–Crippen LogP) is 4.87. The highest BCUT2D eigenvalue weighted by Crippen LogP contribution is 2.24. The van der Waals surface area contributed by atoms with E-state index in [4.69, 9.17) is 4.74 Å². The first kappa shape index (κ1) is 23.3. The Labute approximate surface area is 187 Å². The highest BCUT2D eigenvalue weighted by atomic mass is 16.5. The molecular formula is C25H38N4O2. The standard InChI is InChI=1S/C25H38N4O2/c1-26-24(20-27(2)25(30)28(3)22-10-6-4-7-11-22)21-12-14-23(15-13-21)31-19-18-29-16-8-5-9-17-29/h12-15,20,22H,1,4-11,16-19H2,2-3H3. The van der Waals surface area contributed by atoms with Crippen molar-refractivity contribution in [2.45, 2.75) is 57.4 Å². The van der Waals surface area contributed by atoms with E-state index in [9.17, 15) is 4.79 Å². The summed E-state index contributed by atoms with van der Waals surface area (Å²) in [7, 11) is 3.69. The Morgan fingerprint density at radius 2 is 1.74 bits per heavy atom. The second kappa shape index (κ2) is 11.9. The number of aliphatic imine (C=N–C) groups is 1. The number of piperidine rings is 1. The van der Waals surface area contributed by atoms with Gasteiger partial charge in [0, 0.05) is 38.4 Å². The first-order chi connectivity index (χ1) is 15.1. The maximum atomic E-state index is 12.8. The van der Waals surface area contributed by atoms with Gasteiger partial charge in [0.2, 0.25) is 0 Å². The summed E-state index contributed by atoms with van der Waals surface area (Å²) in [5.41, 5.74) is 1.59. The molecule has 2 fully saturated rings. The largest absolute Gasteiger partial charge is 0.492 e.